The van der Waals surface area contributed by atoms with E-state index in [-0.39, 0.29) is 22.3 Å². The van der Waals surface area contributed by atoms with Gasteiger partial charge >= 0.3 is 0 Å². The van der Waals surface area contributed by atoms with Gasteiger partial charge in [0.1, 0.15) is 0 Å². The molecule has 6 heteroatoms. The van der Waals surface area contributed by atoms with E-state index in [4.69, 9.17) is 13.3 Å². The molecular weight excluding hydrogens is 625 g/mol. The summed E-state index contributed by atoms with van der Waals surface area (Å²) in [4.78, 5) is 0. The molecule has 0 unspecified atom stereocenters. The lowest BCUT2D eigenvalue weighted by Gasteiger charge is -2.48. The van der Waals surface area contributed by atoms with Crippen LogP contribution in [0, 0.1) is 0 Å². The highest BCUT2D eigenvalue weighted by Crippen LogP contribution is 2.42. The molecule has 4 aromatic carbocycles. The third-order valence-electron chi connectivity index (χ3n) is 9.24. The second kappa shape index (κ2) is 13.8. The number of hydrogen-bond donors (Lipinski definition) is 0. The van der Waals surface area contributed by atoms with Gasteiger partial charge in [-0.05, 0) is 56.5 Å². The van der Waals surface area contributed by atoms with Crippen molar-refractivity contribution in [3.63, 3.8) is 0 Å². The maximum absolute atomic E-state index is 7.77. The minimum atomic E-state index is -2.81. The van der Waals surface area contributed by atoms with E-state index < -0.39 is 25.0 Å². The Bertz CT molecular complexity index is 1520. The van der Waals surface area contributed by atoms with Crippen molar-refractivity contribution in [1.82, 2.24) is 0 Å². The standard InChI is InChI=1S/C41H54O3Si3/c1-40(2,3)46(36-22-14-10-15-23-36,37-24-16-11-17-25-37)43-34-30-33(42-45(7,8)9)31-35(32-34)44-47(41(4,5)6,38-26-18-12-19-27-38)39-28-20-13-21-29-39/h10-30,34-35H,31-32H2,1-9H3/t34-,35+/m1/s1. The van der Waals surface area contributed by atoms with Crippen molar-refractivity contribution in [2.24, 2.45) is 0 Å². The Morgan fingerprint density at radius 2 is 0.851 bits per heavy atom. The average molecular weight is 679 g/mol. The van der Waals surface area contributed by atoms with Crippen LogP contribution in [0.2, 0.25) is 29.7 Å². The zero-order valence-electron chi connectivity index (χ0n) is 29.9. The molecule has 3 nitrogen and oxygen atoms in total. The molecule has 5 rings (SSSR count). The summed E-state index contributed by atoms with van der Waals surface area (Å²) < 4.78 is 22.3. The first-order valence-corrected chi connectivity index (χ1v) is 24.4. The summed E-state index contributed by atoms with van der Waals surface area (Å²) in [5.74, 6) is 1.02. The third kappa shape index (κ3) is 7.52. The summed E-state index contributed by atoms with van der Waals surface area (Å²) in [6.45, 7) is 20.9. The lowest BCUT2D eigenvalue weighted by molar-refractivity contribution is 0.0965. The molecule has 1 aliphatic carbocycles. The number of rotatable bonds is 10. The molecule has 4 aromatic rings. The predicted octanol–water partition coefficient (Wildman–Crippen LogP) is 8.41. The van der Waals surface area contributed by atoms with Gasteiger partial charge in [0.2, 0.25) is 8.32 Å². The summed E-state index contributed by atoms with van der Waals surface area (Å²) in [6.07, 6.45) is 3.58. The lowest BCUT2D eigenvalue weighted by atomic mass is 10.0. The second-order valence-electron chi connectivity index (χ2n) is 16.0. The highest BCUT2D eigenvalue weighted by atomic mass is 28.4. The Labute approximate surface area is 287 Å². The van der Waals surface area contributed by atoms with Crippen LogP contribution in [-0.2, 0) is 13.3 Å². The molecule has 0 N–H and O–H groups in total. The Kier molecular flexibility index (Phi) is 10.4. The summed E-state index contributed by atoms with van der Waals surface area (Å²) >= 11 is 0. The zero-order chi connectivity index (χ0) is 33.9. The van der Waals surface area contributed by atoms with Crippen LogP contribution in [0.1, 0.15) is 54.4 Å². The topological polar surface area (TPSA) is 27.7 Å². The van der Waals surface area contributed by atoms with Gasteiger partial charge in [0, 0.05) is 12.8 Å². The molecule has 0 heterocycles. The summed E-state index contributed by atoms with van der Waals surface area (Å²) in [5, 5.41) is 4.92. The van der Waals surface area contributed by atoms with Crippen LogP contribution in [0.3, 0.4) is 0 Å². The predicted molar refractivity (Wildman–Crippen MR) is 207 cm³/mol. The van der Waals surface area contributed by atoms with E-state index >= 15 is 0 Å². The Morgan fingerprint density at radius 3 is 1.17 bits per heavy atom. The molecule has 0 spiro atoms. The molecule has 0 saturated heterocycles. The second-order valence-corrected chi connectivity index (χ2v) is 28.9. The molecule has 2 atom stereocenters. The lowest BCUT2D eigenvalue weighted by Crippen LogP contribution is -2.69. The van der Waals surface area contributed by atoms with Gasteiger partial charge in [-0.1, -0.05) is 163 Å². The van der Waals surface area contributed by atoms with Crippen molar-refractivity contribution in [2.45, 2.75) is 96.3 Å². The maximum Gasteiger partial charge on any atom is 0.261 e. The van der Waals surface area contributed by atoms with Crippen molar-refractivity contribution in [3.05, 3.63) is 133 Å². The van der Waals surface area contributed by atoms with Gasteiger partial charge in [0.05, 0.1) is 18.0 Å². The van der Waals surface area contributed by atoms with E-state index in [1.165, 1.54) is 20.7 Å². The van der Waals surface area contributed by atoms with Crippen molar-refractivity contribution < 1.29 is 13.3 Å². The van der Waals surface area contributed by atoms with E-state index in [0.29, 0.717) is 0 Å². The number of benzene rings is 4. The van der Waals surface area contributed by atoms with E-state index in [0.717, 1.165) is 18.6 Å². The molecule has 0 aromatic heterocycles. The molecule has 248 valence electrons. The van der Waals surface area contributed by atoms with Gasteiger partial charge < -0.3 is 13.3 Å². The van der Waals surface area contributed by atoms with Crippen LogP contribution in [0.4, 0.5) is 0 Å². The molecular formula is C41H54O3Si3. The van der Waals surface area contributed by atoms with Crippen LogP contribution < -0.4 is 20.7 Å². The minimum Gasteiger partial charge on any atom is -0.547 e. The van der Waals surface area contributed by atoms with E-state index in [9.17, 15) is 0 Å². The normalized spacial score (nSPS) is 18.0. The fourth-order valence-corrected chi connectivity index (χ4v) is 17.7. The van der Waals surface area contributed by atoms with Gasteiger partial charge in [-0.2, -0.15) is 0 Å². The first-order chi connectivity index (χ1) is 22.2. The van der Waals surface area contributed by atoms with Crippen LogP contribution in [0.15, 0.2) is 133 Å². The Balaban J connectivity index is 1.65. The molecule has 0 saturated carbocycles. The fourth-order valence-electron chi connectivity index (χ4n) is 7.41. The molecule has 0 amide bonds. The monoisotopic (exact) mass is 678 g/mol. The molecule has 0 aliphatic heterocycles. The molecule has 1 aliphatic rings. The highest BCUT2D eigenvalue weighted by Gasteiger charge is 2.54. The molecule has 47 heavy (non-hydrogen) atoms. The molecule has 0 radical (unpaired) electrons. The first kappa shape index (κ1) is 35.3. The van der Waals surface area contributed by atoms with Gasteiger partial charge in [-0.3, -0.25) is 0 Å². The Morgan fingerprint density at radius 1 is 0.511 bits per heavy atom. The average Bonchev–Trinajstić information content (AvgIpc) is 3.02. The van der Waals surface area contributed by atoms with Crippen molar-refractivity contribution in [3.8, 4) is 0 Å². The minimum absolute atomic E-state index is 0.0686. The van der Waals surface area contributed by atoms with Crippen molar-refractivity contribution in [2.75, 3.05) is 0 Å². The molecule has 0 bridgehead atoms. The highest BCUT2D eigenvalue weighted by molar-refractivity contribution is 7.00. The van der Waals surface area contributed by atoms with Crippen LogP contribution in [-0.4, -0.2) is 37.2 Å². The van der Waals surface area contributed by atoms with E-state index in [1.54, 1.807) is 0 Å². The van der Waals surface area contributed by atoms with Crippen molar-refractivity contribution >= 4 is 45.7 Å². The van der Waals surface area contributed by atoms with Gasteiger partial charge in [0.15, 0.2) is 0 Å². The quantitative estimate of drug-likeness (QED) is 0.158. The van der Waals surface area contributed by atoms with Crippen molar-refractivity contribution in [1.29, 1.82) is 0 Å². The summed E-state index contributed by atoms with van der Waals surface area (Å²) in [5.41, 5.74) is 0. The largest absolute Gasteiger partial charge is 0.547 e. The third-order valence-corrected chi connectivity index (χ3v) is 20.3. The van der Waals surface area contributed by atoms with E-state index in [1.807, 2.05) is 0 Å². The van der Waals surface area contributed by atoms with E-state index in [2.05, 4.69) is 189 Å². The smallest absolute Gasteiger partial charge is 0.261 e. The fraction of sp³-hybridized carbons (Fsp3) is 0.366. The van der Waals surface area contributed by atoms with Gasteiger partial charge in [-0.25, -0.2) is 0 Å². The van der Waals surface area contributed by atoms with Gasteiger partial charge in [0.25, 0.3) is 16.6 Å². The van der Waals surface area contributed by atoms with Crippen LogP contribution >= 0.6 is 0 Å². The summed E-state index contributed by atoms with van der Waals surface area (Å²) in [6, 6.07) is 43.8. The number of hydrogen-bond acceptors (Lipinski definition) is 3. The van der Waals surface area contributed by atoms with Crippen LogP contribution in [0.5, 0.6) is 0 Å². The SMILES string of the molecule is CC(C)(C)[Si](O[C@H]1CC(O[Si](C)(C)C)=C[C@@H](O[Si](c2ccccc2)(c2ccccc2)C(C)(C)C)C1)(c1ccccc1)c1ccccc1. The Hall–Kier alpha value is -3.01. The van der Waals surface area contributed by atoms with Crippen LogP contribution in [0.25, 0.3) is 0 Å². The molecule has 0 fully saturated rings. The van der Waals surface area contributed by atoms with Gasteiger partial charge in [-0.15, -0.1) is 0 Å². The first-order valence-electron chi connectivity index (χ1n) is 17.1. The zero-order valence-corrected chi connectivity index (χ0v) is 32.9. The summed E-state index contributed by atoms with van der Waals surface area (Å²) in [7, 11) is -7.51. The maximum atomic E-state index is 7.77.